The Kier molecular flexibility index (Phi) is 7.31. The van der Waals surface area contributed by atoms with E-state index in [2.05, 4.69) is 13.8 Å². The number of morpholine rings is 1. The molecule has 5 nitrogen and oxygen atoms in total. The highest BCUT2D eigenvalue weighted by Gasteiger charge is 2.29. The minimum Gasteiger partial charge on any atom is -0.373 e. The van der Waals surface area contributed by atoms with Gasteiger partial charge in [-0.05, 0) is 41.0 Å². The first-order valence-corrected chi connectivity index (χ1v) is 11.7. The quantitative estimate of drug-likeness (QED) is 0.508. The fraction of sp³-hybridized carbons (Fsp3) is 0.333. The molecule has 0 bridgehead atoms. The van der Waals surface area contributed by atoms with Crippen molar-refractivity contribution in [1.82, 2.24) is 9.80 Å². The summed E-state index contributed by atoms with van der Waals surface area (Å²) in [5.41, 5.74) is 1.26. The van der Waals surface area contributed by atoms with Crippen molar-refractivity contribution in [3.63, 3.8) is 0 Å². The number of nitrogens with zero attached hydrogens (tertiary/aromatic N) is 2. The Morgan fingerprint density at radius 3 is 2.64 bits per heavy atom. The van der Waals surface area contributed by atoms with Gasteiger partial charge in [0.25, 0.3) is 11.8 Å². The number of amides is 2. The van der Waals surface area contributed by atoms with Crippen LogP contribution in [-0.4, -0.2) is 60.5 Å². The monoisotopic (exact) mass is 464 g/mol. The second kappa shape index (κ2) is 10.4. The van der Waals surface area contributed by atoms with Gasteiger partial charge in [0.15, 0.2) is 0 Å². The molecular weight excluding hydrogens is 436 g/mol. The van der Waals surface area contributed by atoms with Crippen LogP contribution in [0.15, 0.2) is 66.7 Å². The molecule has 0 radical (unpaired) electrons. The molecule has 0 aromatic heterocycles. The Hall–Kier alpha value is -2.89. The highest BCUT2D eigenvalue weighted by Crippen LogP contribution is 2.22. The van der Waals surface area contributed by atoms with Crippen LogP contribution in [0.25, 0.3) is 10.8 Å². The maximum atomic E-state index is 13.6. The Morgan fingerprint density at radius 2 is 1.85 bits per heavy atom. The van der Waals surface area contributed by atoms with Gasteiger partial charge in [0.2, 0.25) is 0 Å². The molecule has 1 fully saturated rings. The van der Waals surface area contributed by atoms with Crippen molar-refractivity contribution in [2.24, 2.45) is 5.92 Å². The molecule has 6 heteroatoms. The number of hydrogen-bond acceptors (Lipinski definition) is 3. The fourth-order valence-corrected chi connectivity index (χ4v) is 4.52. The summed E-state index contributed by atoms with van der Waals surface area (Å²) in [5, 5.41) is 2.52. The van der Waals surface area contributed by atoms with Crippen LogP contribution in [0.3, 0.4) is 0 Å². The lowest BCUT2D eigenvalue weighted by Crippen LogP contribution is -2.51. The Balaban J connectivity index is 1.52. The van der Waals surface area contributed by atoms with Crippen molar-refractivity contribution in [2.45, 2.75) is 20.0 Å². The zero-order chi connectivity index (χ0) is 23.4. The molecule has 1 aliphatic heterocycles. The zero-order valence-electron chi connectivity index (χ0n) is 19.0. The second-order valence-corrected chi connectivity index (χ2v) is 9.32. The van der Waals surface area contributed by atoms with Gasteiger partial charge in [-0.25, -0.2) is 0 Å². The number of hydrogen-bond donors (Lipinski definition) is 0. The van der Waals surface area contributed by atoms with Crippen molar-refractivity contribution >= 4 is 34.2 Å². The van der Waals surface area contributed by atoms with Crippen LogP contribution in [0.5, 0.6) is 0 Å². The van der Waals surface area contributed by atoms with E-state index in [0.29, 0.717) is 54.9 Å². The summed E-state index contributed by atoms with van der Waals surface area (Å²) in [6, 6.07) is 20.7. The summed E-state index contributed by atoms with van der Waals surface area (Å²) in [5.74, 6) is 0.223. The fourth-order valence-electron chi connectivity index (χ4n) is 4.33. The van der Waals surface area contributed by atoms with Crippen molar-refractivity contribution in [2.75, 3.05) is 32.8 Å². The summed E-state index contributed by atoms with van der Waals surface area (Å²) >= 11 is 6.07. The third-order valence-electron chi connectivity index (χ3n) is 5.81. The van der Waals surface area contributed by atoms with Crippen molar-refractivity contribution in [3.05, 3.63) is 82.9 Å². The molecule has 1 atom stereocenters. The van der Waals surface area contributed by atoms with E-state index in [-0.39, 0.29) is 17.9 Å². The Morgan fingerprint density at radius 1 is 1.09 bits per heavy atom. The lowest BCUT2D eigenvalue weighted by atomic mass is 10.0. The van der Waals surface area contributed by atoms with Gasteiger partial charge in [-0.15, -0.1) is 0 Å². The molecule has 4 rings (SSSR count). The predicted molar refractivity (Wildman–Crippen MR) is 132 cm³/mol. The van der Waals surface area contributed by atoms with Gasteiger partial charge < -0.3 is 14.5 Å². The van der Waals surface area contributed by atoms with Gasteiger partial charge in [0.05, 0.1) is 12.7 Å². The highest BCUT2D eigenvalue weighted by atomic mass is 35.5. The molecule has 0 spiro atoms. The Bertz CT molecular complexity index is 1140. The van der Waals surface area contributed by atoms with E-state index in [9.17, 15) is 9.59 Å². The average molecular weight is 465 g/mol. The molecular formula is C27H29ClN2O3. The minimum atomic E-state index is -0.250. The van der Waals surface area contributed by atoms with Gasteiger partial charge in [-0.1, -0.05) is 67.9 Å². The van der Waals surface area contributed by atoms with Gasteiger partial charge in [-0.3, -0.25) is 9.59 Å². The molecule has 0 unspecified atom stereocenters. The topological polar surface area (TPSA) is 49.9 Å². The van der Waals surface area contributed by atoms with Crippen molar-refractivity contribution < 1.29 is 14.3 Å². The smallest absolute Gasteiger partial charge is 0.254 e. The van der Waals surface area contributed by atoms with Crippen LogP contribution in [0.4, 0.5) is 0 Å². The first-order chi connectivity index (χ1) is 15.9. The lowest BCUT2D eigenvalue weighted by molar-refractivity contribution is -0.0339. The largest absolute Gasteiger partial charge is 0.373 e. The predicted octanol–water partition coefficient (Wildman–Crippen LogP) is 5.13. The van der Waals surface area contributed by atoms with Gasteiger partial charge >= 0.3 is 0 Å². The molecule has 172 valence electrons. The zero-order valence-corrected chi connectivity index (χ0v) is 19.8. The molecule has 2 amide bonds. The van der Waals surface area contributed by atoms with Gasteiger partial charge in [-0.2, -0.15) is 0 Å². The van der Waals surface area contributed by atoms with E-state index in [1.165, 1.54) is 0 Å². The molecule has 3 aromatic carbocycles. The van der Waals surface area contributed by atoms with E-state index in [0.717, 1.165) is 10.8 Å². The average Bonchev–Trinajstić information content (AvgIpc) is 2.82. The molecule has 0 N–H and O–H groups in total. The third kappa shape index (κ3) is 5.55. The van der Waals surface area contributed by atoms with E-state index < -0.39 is 0 Å². The summed E-state index contributed by atoms with van der Waals surface area (Å²) in [7, 11) is 0. The first kappa shape index (κ1) is 23.3. The maximum Gasteiger partial charge on any atom is 0.254 e. The van der Waals surface area contributed by atoms with E-state index in [1.807, 2.05) is 47.4 Å². The highest BCUT2D eigenvalue weighted by molar-refractivity contribution is 6.30. The Labute approximate surface area is 199 Å². The summed E-state index contributed by atoms with van der Waals surface area (Å²) in [4.78, 5) is 30.3. The number of carbonyl (C=O) groups is 2. The van der Waals surface area contributed by atoms with E-state index in [4.69, 9.17) is 16.3 Å². The van der Waals surface area contributed by atoms with Crippen molar-refractivity contribution in [3.8, 4) is 0 Å². The minimum absolute atomic E-state index is 0.0117. The molecule has 3 aromatic rings. The molecule has 1 saturated heterocycles. The maximum absolute atomic E-state index is 13.6. The third-order valence-corrected chi connectivity index (χ3v) is 6.05. The van der Waals surface area contributed by atoms with Crippen molar-refractivity contribution in [1.29, 1.82) is 0 Å². The molecule has 1 heterocycles. The van der Waals surface area contributed by atoms with Gasteiger partial charge in [0, 0.05) is 42.3 Å². The standard InChI is InChI=1S/C27H29ClN2O3/c1-19(2)16-30(27(32)25-12-6-8-20-7-3-4-11-24(20)25)18-23-17-29(13-14-33-23)26(31)21-9-5-10-22(28)15-21/h3-12,15,19,23H,13-14,16-18H2,1-2H3/t23-/m0/s1. The summed E-state index contributed by atoms with van der Waals surface area (Å²) < 4.78 is 5.99. The number of rotatable bonds is 6. The number of fused-ring (bicyclic) bond motifs is 1. The molecule has 33 heavy (non-hydrogen) atoms. The normalized spacial score (nSPS) is 16.2. The lowest BCUT2D eigenvalue weighted by Gasteiger charge is -2.36. The second-order valence-electron chi connectivity index (χ2n) is 8.89. The van der Waals surface area contributed by atoms with Crippen LogP contribution in [0.1, 0.15) is 34.6 Å². The number of carbonyl (C=O) groups excluding carboxylic acids is 2. The van der Waals surface area contributed by atoms with E-state index >= 15 is 0 Å². The number of ether oxygens (including phenoxy) is 1. The molecule has 1 aliphatic rings. The van der Waals surface area contributed by atoms with Crippen LogP contribution < -0.4 is 0 Å². The van der Waals surface area contributed by atoms with E-state index in [1.54, 1.807) is 29.2 Å². The number of benzene rings is 3. The SMILES string of the molecule is CC(C)CN(C[C@@H]1CN(C(=O)c2cccc(Cl)c2)CCO1)C(=O)c1cccc2ccccc12. The van der Waals surface area contributed by atoms with Gasteiger partial charge in [0.1, 0.15) is 0 Å². The van der Waals surface area contributed by atoms with Crippen LogP contribution in [-0.2, 0) is 4.74 Å². The van der Waals surface area contributed by atoms with Crippen LogP contribution in [0.2, 0.25) is 5.02 Å². The van der Waals surface area contributed by atoms with Crippen LogP contribution in [0, 0.1) is 5.92 Å². The molecule has 0 aliphatic carbocycles. The van der Waals surface area contributed by atoms with Crippen LogP contribution >= 0.6 is 11.6 Å². The number of halogens is 1. The summed E-state index contributed by atoms with van der Waals surface area (Å²) in [6.45, 7) is 6.63. The first-order valence-electron chi connectivity index (χ1n) is 11.4. The molecule has 0 saturated carbocycles. The summed E-state index contributed by atoms with van der Waals surface area (Å²) in [6.07, 6.45) is -0.250.